The van der Waals surface area contributed by atoms with Crippen LogP contribution >= 0.6 is 11.6 Å². The van der Waals surface area contributed by atoms with Crippen LogP contribution in [0.2, 0.25) is 5.02 Å². The van der Waals surface area contributed by atoms with Gasteiger partial charge in [-0.15, -0.1) is 0 Å². The van der Waals surface area contributed by atoms with Gasteiger partial charge in [0.1, 0.15) is 5.82 Å². The van der Waals surface area contributed by atoms with E-state index in [2.05, 4.69) is 4.74 Å². The lowest BCUT2D eigenvalue weighted by atomic mass is 10.2. The van der Waals surface area contributed by atoms with Crippen LogP contribution in [0.3, 0.4) is 0 Å². The van der Waals surface area contributed by atoms with Crippen molar-refractivity contribution in [2.75, 3.05) is 7.11 Å². The average molecular weight is 215 g/mol. The van der Waals surface area contributed by atoms with Crippen molar-refractivity contribution in [1.82, 2.24) is 0 Å². The van der Waals surface area contributed by atoms with Gasteiger partial charge in [-0.1, -0.05) is 17.7 Å². The molecule has 1 aromatic carbocycles. The number of carbonyl (C=O) groups excluding carboxylic acids is 1. The molecule has 14 heavy (non-hydrogen) atoms. The maximum Gasteiger partial charge on any atom is 0.330 e. The number of ether oxygens (including phenoxy) is 1. The molecular weight excluding hydrogens is 207 g/mol. The van der Waals surface area contributed by atoms with E-state index in [4.69, 9.17) is 11.6 Å². The molecule has 1 aromatic rings. The summed E-state index contributed by atoms with van der Waals surface area (Å²) < 4.78 is 17.5. The number of halogens is 2. The van der Waals surface area contributed by atoms with Crippen molar-refractivity contribution in [1.29, 1.82) is 0 Å². The number of hydrogen-bond acceptors (Lipinski definition) is 2. The topological polar surface area (TPSA) is 26.3 Å². The van der Waals surface area contributed by atoms with Gasteiger partial charge in [0.2, 0.25) is 0 Å². The van der Waals surface area contributed by atoms with Crippen molar-refractivity contribution >= 4 is 23.6 Å². The Morgan fingerprint density at radius 1 is 1.57 bits per heavy atom. The number of hydrogen-bond donors (Lipinski definition) is 0. The Kier molecular flexibility index (Phi) is 3.65. The zero-order valence-electron chi connectivity index (χ0n) is 7.46. The lowest BCUT2D eigenvalue weighted by Gasteiger charge is -1.98. The SMILES string of the molecule is COC(=O)C=Cc1c(F)cccc1Cl. The minimum absolute atomic E-state index is 0.180. The van der Waals surface area contributed by atoms with Crippen molar-refractivity contribution in [2.45, 2.75) is 0 Å². The summed E-state index contributed by atoms with van der Waals surface area (Å²) >= 11 is 5.71. The summed E-state index contributed by atoms with van der Waals surface area (Å²) in [5.41, 5.74) is 0.180. The smallest absolute Gasteiger partial charge is 0.330 e. The molecule has 0 radical (unpaired) electrons. The molecule has 0 aliphatic rings. The summed E-state index contributed by atoms with van der Waals surface area (Å²) in [5, 5.41) is 0.255. The molecule has 0 heterocycles. The number of esters is 1. The van der Waals surface area contributed by atoms with E-state index in [-0.39, 0.29) is 10.6 Å². The highest BCUT2D eigenvalue weighted by Crippen LogP contribution is 2.20. The van der Waals surface area contributed by atoms with E-state index in [1.807, 2.05) is 0 Å². The predicted molar refractivity (Wildman–Crippen MR) is 52.5 cm³/mol. The van der Waals surface area contributed by atoms with Crippen LogP contribution in [0.4, 0.5) is 4.39 Å². The summed E-state index contributed by atoms with van der Waals surface area (Å²) in [6, 6.07) is 4.30. The Hall–Kier alpha value is -1.35. The Morgan fingerprint density at radius 2 is 2.29 bits per heavy atom. The van der Waals surface area contributed by atoms with Crippen molar-refractivity contribution in [2.24, 2.45) is 0 Å². The molecule has 0 aliphatic carbocycles. The molecule has 0 saturated carbocycles. The fraction of sp³-hybridized carbons (Fsp3) is 0.100. The largest absolute Gasteiger partial charge is 0.466 e. The second-order valence-electron chi connectivity index (χ2n) is 2.49. The van der Waals surface area contributed by atoms with Crippen LogP contribution < -0.4 is 0 Å². The van der Waals surface area contributed by atoms with Crippen LogP contribution in [-0.4, -0.2) is 13.1 Å². The maximum absolute atomic E-state index is 13.1. The lowest BCUT2D eigenvalue weighted by molar-refractivity contribution is -0.134. The van der Waals surface area contributed by atoms with E-state index in [1.165, 1.54) is 25.3 Å². The summed E-state index contributed by atoms with van der Waals surface area (Å²) in [5.74, 6) is -1.03. The second kappa shape index (κ2) is 4.77. The van der Waals surface area contributed by atoms with Gasteiger partial charge in [0.05, 0.1) is 12.1 Å². The van der Waals surface area contributed by atoms with E-state index in [1.54, 1.807) is 6.07 Å². The molecule has 0 saturated heterocycles. The molecule has 0 bridgehead atoms. The summed E-state index contributed by atoms with van der Waals surface area (Å²) in [6.07, 6.45) is 2.40. The van der Waals surface area contributed by atoms with Gasteiger partial charge < -0.3 is 4.74 Å². The van der Waals surface area contributed by atoms with Gasteiger partial charge in [-0.05, 0) is 18.2 Å². The predicted octanol–water partition coefficient (Wildman–Crippen LogP) is 2.67. The Balaban J connectivity index is 2.96. The minimum atomic E-state index is -0.552. The zero-order chi connectivity index (χ0) is 10.6. The Morgan fingerprint density at radius 3 is 2.86 bits per heavy atom. The number of benzene rings is 1. The van der Waals surface area contributed by atoms with Gasteiger partial charge in [-0.25, -0.2) is 9.18 Å². The number of methoxy groups -OCH3 is 1. The normalized spacial score (nSPS) is 10.5. The first-order valence-electron chi connectivity index (χ1n) is 3.85. The third kappa shape index (κ3) is 2.57. The van der Waals surface area contributed by atoms with Crippen LogP contribution in [0.25, 0.3) is 6.08 Å². The van der Waals surface area contributed by atoms with Crippen LogP contribution in [0.5, 0.6) is 0 Å². The van der Waals surface area contributed by atoms with Crippen molar-refractivity contribution < 1.29 is 13.9 Å². The van der Waals surface area contributed by atoms with E-state index in [0.717, 1.165) is 6.08 Å². The van der Waals surface area contributed by atoms with Crippen molar-refractivity contribution in [3.63, 3.8) is 0 Å². The molecule has 0 aliphatic heterocycles. The van der Waals surface area contributed by atoms with Gasteiger partial charge in [-0.3, -0.25) is 0 Å². The fourth-order valence-electron chi connectivity index (χ4n) is 0.889. The summed E-state index contributed by atoms with van der Waals surface area (Å²) in [6.45, 7) is 0. The molecule has 4 heteroatoms. The molecular formula is C10H8ClFO2. The Bertz CT molecular complexity index is 354. The summed E-state index contributed by atoms with van der Waals surface area (Å²) in [4.78, 5) is 10.7. The second-order valence-corrected chi connectivity index (χ2v) is 2.90. The first-order valence-corrected chi connectivity index (χ1v) is 4.23. The van der Waals surface area contributed by atoms with Crippen LogP contribution in [0.1, 0.15) is 5.56 Å². The zero-order valence-corrected chi connectivity index (χ0v) is 8.22. The van der Waals surface area contributed by atoms with Gasteiger partial charge in [0, 0.05) is 11.6 Å². The molecule has 0 atom stereocenters. The number of rotatable bonds is 2. The monoisotopic (exact) mass is 214 g/mol. The first-order chi connectivity index (χ1) is 6.65. The van der Waals surface area contributed by atoms with Crippen LogP contribution in [-0.2, 0) is 9.53 Å². The summed E-state index contributed by atoms with van der Waals surface area (Å²) in [7, 11) is 1.25. The Labute approximate surface area is 85.9 Å². The lowest BCUT2D eigenvalue weighted by Crippen LogP contribution is -1.94. The number of carbonyl (C=O) groups is 1. The van der Waals surface area contributed by atoms with E-state index in [0.29, 0.717) is 0 Å². The quantitative estimate of drug-likeness (QED) is 0.559. The third-order valence-corrected chi connectivity index (χ3v) is 1.92. The fourth-order valence-corrected chi connectivity index (χ4v) is 1.12. The van der Waals surface area contributed by atoms with Gasteiger partial charge >= 0.3 is 5.97 Å². The third-order valence-electron chi connectivity index (χ3n) is 1.59. The van der Waals surface area contributed by atoms with Gasteiger partial charge in [0.25, 0.3) is 0 Å². The molecule has 0 N–H and O–H groups in total. The van der Waals surface area contributed by atoms with Crippen LogP contribution in [0, 0.1) is 5.82 Å². The van der Waals surface area contributed by atoms with Crippen LogP contribution in [0.15, 0.2) is 24.3 Å². The van der Waals surface area contributed by atoms with Crippen molar-refractivity contribution in [3.05, 3.63) is 40.7 Å². The molecule has 0 amide bonds. The maximum atomic E-state index is 13.1. The standard InChI is InChI=1S/C10H8ClFO2/c1-14-10(13)6-5-7-8(11)3-2-4-9(7)12/h2-6H,1H3. The highest BCUT2D eigenvalue weighted by molar-refractivity contribution is 6.32. The highest BCUT2D eigenvalue weighted by atomic mass is 35.5. The van der Waals surface area contributed by atoms with Crippen molar-refractivity contribution in [3.8, 4) is 0 Å². The molecule has 0 fully saturated rings. The molecule has 0 spiro atoms. The van der Waals surface area contributed by atoms with Gasteiger partial charge in [0.15, 0.2) is 0 Å². The average Bonchev–Trinajstić information content (AvgIpc) is 2.16. The molecule has 2 nitrogen and oxygen atoms in total. The molecule has 74 valence electrons. The van der Waals surface area contributed by atoms with Gasteiger partial charge in [-0.2, -0.15) is 0 Å². The molecule has 1 rings (SSSR count). The van der Waals surface area contributed by atoms with E-state index >= 15 is 0 Å². The minimum Gasteiger partial charge on any atom is -0.466 e. The van der Waals surface area contributed by atoms with E-state index < -0.39 is 11.8 Å². The first kappa shape index (κ1) is 10.7. The highest BCUT2D eigenvalue weighted by Gasteiger charge is 2.03. The molecule has 0 aromatic heterocycles. The van der Waals surface area contributed by atoms with E-state index in [9.17, 15) is 9.18 Å². The molecule has 0 unspecified atom stereocenters.